The van der Waals surface area contributed by atoms with Crippen LogP contribution in [0.5, 0.6) is 0 Å². The minimum atomic E-state index is -0.330. The van der Waals surface area contributed by atoms with E-state index in [1.165, 1.54) is 17.8 Å². The van der Waals surface area contributed by atoms with E-state index in [9.17, 15) is 4.39 Å². The normalized spacial score (nSPS) is 14.2. The van der Waals surface area contributed by atoms with Crippen LogP contribution in [0.3, 0.4) is 0 Å². The molecule has 0 saturated heterocycles. The highest BCUT2D eigenvalue weighted by Gasteiger charge is 2.14. The van der Waals surface area contributed by atoms with Gasteiger partial charge in [0.2, 0.25) is 0 Å². The van der Waals surface area contributed by atoms with Crippen LogP contribution in [-0.4, -0.2) is 37.6 Å². The Morgan fingerprint density at radius 1 is 1.06 bits per heavy atom. The third-order valence-electron chi connectivity index (χ3n) is 5.99. The molecule has 0 fully saturated rings. The molecule has 7 heteroatoms. The third kappa shape index (κ3) is 3.36. The smallest absolute Gasteiger partial charge is 0.141 e. The first kappa shape index (κ1) is 18.9. The summed E-state index contributed by atoms with van der Waals surface area (Å²) in [7, 11) is 0. The zero-order valence-electron chi connectivity index (χ0n) is 17.3. The van der Waals surface area contributed by atoms with E-state index in [1.54, 1.807) is 6.20 Å². The monoisotopic (exact) mass is 424 g/mol. The summed E-state index contributed by atoms with van der Waals surface area (Å²) in [4.78, 5) is 16.7. The molecular formula is C25H21FN6. The van der Waals surface area contributed by atoms with E-state index in [-0.39, 0.29) is 5.82 Å². The molecule has 0 aliphatic carbocycles. The molecule has 2 N–H and O–H groups in total. The quantitative estimate of drug-likeness (QED) is 0.444. The number of fused-ring (bicyclic) bond motifs is 2. The molecule has 6 rings (SSSR count). The van der Waals surface area contributed by atoms with Crippen molar-refractivity contribution in [2.24, 2.45) is 0 Å². The molecule has 0 spiro atoms. The summed E-state index contributed by atoms with van der Waals surface area (Å²) >= 11 is 0. The first-order chi connectivity index (χ1) is 15.7. The van der Waals surface area contributed by atoms with Crippen molar-refractivity contribution in [2.45, 2.75) is 13.0 Å². The van der Waals surface area contributed by atoms with E-state index >= 15 is 0 Å². The molecule has 158 valence electrons. The highest BCUT2D eigenvalue weighted by Crippen LogP contribution is 2.32. The molecule has 32 heavy (non-hydrogen) atoms. The molecule has 0 saturated carbocycles. The van der Waals surface area contributed by atoms with Gasteiger partial charge in [-0.25, -0.2) is 9.37 Å². The van der Waals surface area contributed by atoms with Crippen molar-refractivity contribution >= 4 is 27.6 Å². The first-order valence-electron chi connectivity index (χ1n) is 10.7. The highest BCUT2D eigenvalue weighted by molar-refractivity contribution is 5.96. The van der Waals surface area contributed by atoms with Gasteiger partial charge in [0.1, 0.15) is 11.5 Å². The van der Waals surface area contributed by atoms with E-state index in [2.05, 4.69) is 48.0 Å². The summed E-state index contributed by atoms with van der Waals surface area (Å²) in [6.45, 7) is 2.41. The van der Waals surface area contributed by atoms with Crippen molar-refractivity contribution < 1.29 is 4.39 Å². The third-order valence-corrected chi connectivity index (χ3v) is 5.99. The number of nitrogens with zero attached hydrogens (tertiary/aromatic N) is 4. The van der Waals surface area contributed by atoms with Gasteiger partial charge < -0.3 is 14.9 Å². The van der Waals surface area contributed by atoms with E-state index in [4.69, 9.17) is 0 Å². The van der Waals surface area contributed by atoms with Crippen molar-refractivity contribution in [3.8, 4) is 11.1 Å². The Bertz CT molecular complexity index is 1480. The second-order valence-corrected chi connectivity index (χ2v) is 8.07. The van der Waals surface area contributed by atoms with Crippen LogP contribution in [0, 0.1) is 5.82 Å². The molecule has 1 aliphatic rings. The van der Waals surface area contributed by atoms with E-state index in [0.717, 1.165) is 64.0 Å². The van der Waals surface area contributed by atoms with Gasteiger partial charge in [0, 0.05) is 54.5 Å². The van der Waals surface area contributed by atoms with Crippen LogP contribution in [-0.2, 0) is 6.54 Å². The van der Waals surface area contributed by atoms with Crippen molar-refractivity contribution in [1.82, 2.24) is 29.8 Å². The summed E-state index contributed by atoms with van der Waals surface area (Å²) < 4.78 is 15.7. The number of rotatable bonds is 4. The van der Waals surface area contributed by atoms with Crippen LogP contribution in [0.4, 0.5) is 4.39 Å². The number of H-pyrrole nitrogens is 1. The summed E-state index contributed by atoms with van der Waals surface area (Å²) in [5, 5.41) is 4.43. The van der Waals surface area contributed by atoms with Crippen LogP contribution in [0.25, 0.3) is 38.8 Å². The van der Waals surface area contributed by atoms with Crippen LogP contribution in [0.2, 0.25) is 0 Å². The topological polar surface area (TPSA) is 71.4 Å². The van der Waals surface area contributed by atoms with E-state index in [0.29, 0.717) is 6.54 Å². The number of nitrogens with one attached hydrogen (secondary N) is 2. The minimum Gasteiger partial charge on any atom is -0.342 e. The first-order valence-corrected chi connectivity index (χ1v) is 10.7. The Kier molecular flexibility index (Phi) is 4.54. The van der Waals surface area contributed by atoms with Crippen LogP contribution >= 0.6 is 0 Å². The molecule has 6 nitrogen and oxygen atoms in total. The maximum absolute atomic E-state index is 13.6. The lowest BCUT2D eigenvalue weighted by Crippen LogP contribution is -2.20. The van der Waals surface area contributed by atoms with Gasteiger partial charge in [-0.15, -0.1) is 0 Å². The molecule has 1 aliphatic heterocycles. The van der Waals surface area contributed by atoms with Crippen LogP contribution in [0.15, 0.2) is 67.4 Å². The minimum absolute atomic E-state index is 0.330. The fourth-order valence-electron chi connectivity index (χ4n) is 4.41. The molecule has 0 atom stereocenters. The molecule has 6 heterocycles. The van der Waals surface area contributed by atoms with Gasteiger partial charge in [0.25, 0.3) is 0 Å². The zero-order chi connectivity index (χ0) is 21.5. The Morgan fingerprint density at radius 2 is 2.03 bits per heavy atom. The Morgan fingerprint density at radius 3 is 2.91 bits per heavy atom. The molecule has 0 radical (unpaired) electrons. The summed E-state index contributed by atoms with van der Waals surface area (Å²) in [6.07, 6.45) is 11.9. The van der Waals surface area contributed by atoms with Crippen molar-refractivity contribution in [3.05, 3.63) is 84.5 Å². The standard InChI is InChI=1S/C25H21FN6/c26-19-9-16(12-28-14-19)15-32-8-4-22-24(32)10-18(13-30-22)20-3-7-29-25-21(20)11-23(31-25)17-1-5-27-6-2-17/h1,3-4,7-14,27H,2,5-6,15H2,(H,29,31). The molecule has 0 amide bonds. The van der Waals surface area contributed by atoms with E-state index in [1.807, 2.05) is 30.7 Å². The Balaban J connectivity index is 1.42. The lowest BCUT2D eigenvalue weighted by Gasteiger charge is -2.12. The van der Waals surface area contributed by atoms with Gasteiger partial charge in [-0.2, -0.15) is 0 Å². The highest BCUT2D eigenvalue weighted by atomic mass is 19.1. The molecular weight excluding hydrogens is 403 g/mol. The number of aromatic nitrogens is 5. The SMILES string of the molecule is Fc1cncc(Cn2ccc3ncc(-c4ccnc5[nH]c(C6=CCNCC6)cc45)cc32)c1. The maximum atomic E-state index is 13.6. The van der Waals surface area contributed by atoms with Crippen LogP contribution < -0.4 is 5.32 Å². The molecule has 0 aromatic carbocycles. The number of hydrogen-bond donors (Lipinski definition) is 2. The molecule has 5 aromatic heterocycles. The van der Waals surface area contributed by atoms with Crippen LogP contribution in [0.1, 0.15) is 17.7 Å². The van der Waals surface area contributed by atoms with Gasteiger partial charge in [0.15, 0.2) is 0 Å². The van der Waals surface area contributed by atoms with Gasteiger partial charge >= 0.3 is 0 Å². The average Bonchev–Trinajstić information content (AvgIpc) is 3.44. The van der Waals surface area contributed by atoms with Crippen molar-refractivity contribution in [3.63, 3.8) is 0 Å². The summed E-state index contributed by atoms with van der Waals surface area (Å²) in [5.74, 6) is -0.330. The fraction of sp³-hybridized carbons (Fsp3) is 0.160. The van der Waals surface area contributed by atoms with Gasteiger partial charge in [-0.1, -0.05) is 6.08 Å². The number of hydrogen-bond acceptors (Lipinski definition) is 4. The fourth-order valence-corrected chi connectivity index (χ4v) is 4.41. The predicted molar refractivity (Wildman–Crippen MR) is 124 cm³/mol. The Labute approximate surface area is 183 Å². The lowest BCUT2D eigenvalue weighted by atomic mass is 10.0. The number of pyridine rings is 3. The maximum Gasteiger partial charge on any atom is 0.141 e. The molecule has 5 aromatic rings. The number of halogens is 1. The van der Waals surface area contributed by atoms with Gasteiger partial charge in [-0.05, 0) is 60.0 Å². The summed E-state index contributed by atoms with van der Waals surface area (Å²) in [6, 6.07) is 9.85. The zero-order valence-corrected chi connectivity index (χ0v) is 17.3. The largest absolute Gasteiger partial charge is 0.342 e. The summed E-state index contributed by atoms with van der Waals surface area (Å²) in [5.41, 5.74) is 8.12. The van der Waals surface area contributed by atoms with Crippen molar-refractivity contribution in [1.29, 1.82) is 0 Å². The molecule has 0 unspecified atom stereocenters. The second-order valence-electron chi connectivity index (χ2n) is 8.07. The van der Waals surface area contributed by atoms with Crippen molar-refractivity contribution in [2.75, 3.05) is 13.1 Å². The number of aromatic amines is 1. The predicted octanol–water partition coefficient (Wildman–Crippen LogP) is 4.54. The Hall–Kier alpha value is -3.84. The van der Waals surface area contributed by atoms with E-state index < -0.39 is 0 Å². The molecule has 0 bridgehead atoms. The second kappa shape index (κ2) is 7.69. The van der Waals surface area contributed by atoms with Gasteiger partial charge in [0.05, 0.1) is 17.2 Å². The average molecular weight is 424 g/mol. The van der Waals surface area contributed by atoms with Gasteiger partial charge in [-0.3, -0.25) is 9.97 Å². The lowest BCUT2D eigenvalue weighted by molar-refractivity contribution is 0.617.